The Morgan fingerprint density at radius 2 is 2.53 bits per heavy atom. The fourth-order valence-electron chi connectivity index (χ4n) is 1.33. The van der Waals surface area contributed by atoms with Crippen LogP contribution in [0.5, 0.6) is 0 Å². The van der Waals surface area contributed by atoms with E-state index in [2.05, 4.69) is 4.98 Å². The van der Waals surface area contributed by atoms with Crippen LogP contribution in [0.2, 0.25) is 0 Å². The lowest BCUT2D eigenvalue weighted by Gasteiger charge is -2.11. The predicted octanol–water partition coefficient (Wildman–Crippen LogP) is -1.31. The number of aliphatic hydroxyl groups is 1. The number of nitrogens with zero attached hydrogens (tertiary/aromatic N) is 2. The topological polar surface area (TPSA) is 99.6 Å². The molecule has 2 heterocycles. The second-order valence-electron chi connectivity index (χ2n) is 3.08. The van der Waals surface area contributed by atoms with E-state index >= 15 is 0 Å². The van der Waals surface area contributed by atoms with Gasteiger partial charge in [-0.05, 0) is 6.07 Å². The molecule has 3 N–H and O–H groups in total. The molecule has 0 saturated carbocycles. The summed E-state index contributed by atoms with van der Waals surface area (Å²) in [6.07, 6.45) is 0.250. The number of anilines is 1. The first-order chi connectivity index (χ1) is 7.20. The summed E-state index contributed by atoms with van der Waals surface area (Å²) in [5.74, 6) is 0.161. The second-order valence-corrected chi connectivity index (χ2v) is 3.08. The Bertz CT molecular complexity index is 405. The number of nitrogens with two attached hydrogens (primary N) is 1. The Morgan fingerprint density at radius 1 is 1.73 bits per heavy atom. The van der Waals surface area contributed by atoms with Gasteiger partial charge in [0.2, 0.25) is 0 Å². The van der Waals surface area contributed by atoms with E-state index in [1.165, 1.54) is 16.8 Å². The van der Waals surface area contributed by atoms with Gasteiger partial charge in [0.15, 0.2) is 12.5 Å². The van der Waals surface area contributed by atoms with Crippen molar-refractivity contribution < 1.29 is 14.6 Å². The Kier molecular flexibility index (Phi) is 2.67. The zero-order chi connectivity index (χ0) is 10.8. The summed E-state index contributed by atoms with van der Waals surface area (Å²) in [6, 6.07) is 1.50. The van der Waals surface area contributed by atoms with Crippen LogP contribution in [0.3, 0.4) is 0 Å². The maximum atomic E-state index is 11.4. The van der Waals surface area contributed by atoms with Gasteiger partial charge >= 0.3 is 5.69 Å². The first kappa shape index (κ1) is 10.1. The standard InChI is InChI=1S/C8H11N3O4/c9-5-1-2-11(8(13)10-5)6-4-14-7(3-12)15-6/h1-2,6-7,12H,3-4H2,(H2,9,10,13)/t6?,7-/m1/s1. The number of aliphatic hydroxyl groups excluding tert-OH is 1. The van der Waals surface area contributed by atoms with Crippen LogP contribution < -0.4 is 11.4 Å². The third kappa shape index (κ3) is 1.99. The van der Waals surface area contributed by atoms with Crippen LogP contribution in [0, 0.1) is 0 Å². The Hall–Kier alpha value is -1.44. The molecule has 0 aromatic carbocycles. The lowest BCUT2D eigenvalue weighted by Crippen LogP contribution is -2.28. The number of nitrogen functional groups attached to an aromatic ring is 1. The highest BCUT2D eigenvalue weighted by Crippen LogP contribution is 2.18. The largest absolute Gasteiger partial charge is 0.391 e. The summed E-state index contributed by atoms with van der Waals surface area (Å²) in [5.41, 5.74) is 4.85. The van der Waals surface area contributed by atoms with E-state index in [0.29, 0.717) is 0 Å². The van der Waals surface area contributed by atoms with Crippen LogP contribution in [0.15, 0.2) is 17.1 Å². The molecule has 0 amide bonds. The van der Waals surface area contributed by atoms with Crippen molar-refractivity contribution in [3.8, 4) is 0 Å². The molecule has 15 heavy (non-hydrogen) atoms. The van der Waals surface area contributed by atoms with Crippen molar-refractivity contribution >= 4 is 5.82 Å². The molecule has 1 aromatic rings. The maximum absolute atomic E-state index is 11.4. The second kappa shape index (κ2) is 3.97. The molecule has 1 aromatic heterocycles. The molecule has 1 aliphatic rings. The quantitative estimate of drug-likeness (QED) is 0.632. The number of ether oxygens (including phenoxy) is 2. The van der Waals surface area contributed by atoms with Crippen LogP contribution in [-0.4, -0.2) is 34.2 Å². The van der Waals surface area contributed by atoms with Gasteiger partial charge in [-0.1, -0.05) is 0 Å². The van der Waals surface area contributed by atoms with E-state index in [1.54, 1.807) is 0 Å². The fourth-order valence-corrected chi connectivity index (χ4v) is 1.33. The van der Waals surface area contributed by atoms with E-state index in [-0.39, 0.29) is 19.0 Å². The Labute approximate surface area is 85.1 Å². The zero-order valence-electron chi connectivity index (χ0n) is 7.87. The van der Waals surface area contributed by atoms with Crippen LogP contribution >= 0.6 is 0 Å². The van der Waals surface area contributed by atoms with Crippen molar-refractivity contribution in [1.29, 1.82) is 0 Å². The summed E-state index contributed by atoms with van der Waals surface area (Å²) >= 11 is 0. The molecule has 0 spiro atoms. The van der Waals surface area contributed by atoms with Gasteiger partial charge in [-0.15, -0.1) is 0 Å². The molecule has 1 aliphatic heterocycles. The molecule has 2 rings (SSSR count). The van der Waals surface area contributed by atoms with Gasteiger partial charge in [-0.3, -0.25) is 4.57 Å². The Balaban J connectivity index is 2.20. The highest BCUT2D eigenvalue weighted by Gasteiger charge is 2.27. The minimum Gasteiger partial charge on any atom is -0.391 e. The van der Waals surface area contributed by atoms with Crippen molar-refractivity contribution in [3.05, 3.63) is 22.7 Å². The number of hydrogen-bond donors (Lipinski definition) is 2. The minimum absolute atomic E-state index is 0.161. The summed E-state index contributed by atoms with van der Waals surface area (Å²) in [5, 5.41) is 8.77. The fraction of sp³-hybridized carbons (Fsp3) is 0.500. The third-order valence-electron chi connectivity index (χ3n) is 2.04. The average Bonchev–Trinajstić information content (AvgIpc) is 2.66. The molecule has 0 bridgehead atoms. The normalized spacial score (nSPS) is 25.7. The zero-order valence-corrected chi connectivity index (χ0v) is 7.87. The highest BCUT2D eigenvalue weighted by molar-refractivity contribution is 5.23. The van der Waals surface area contributed by atoms with Crippen LogP contribution in [0.1, 0.15) is 6.23 Å². The molecule has 0 radical (unpaired) electrons. The molecule has 1 unspecified atom stereocenters. The van der Waals surface area contributed by atoms with Gasteiger partial charge in [0.25, 0.3) is 0 Å². The molecule has 7 heteroatoms. The number of rotatable bonds is 2. The average molecular weight is 213 g/mol. The Morgan fingerprint density at radius 3 is 3.13 bits per heavy atom. The number of aromatic nitrogens is 2. The molecular weight excluding hydrogens is 202 g/mol. The lowest BCUT2D eigenvalue weighted by atomic mass is 10.5. The summed E-state index contributed by atoms with van der Waals surface area (Å²) < 4.78 is 11.6. The first-order valence-electron chi connectivity index (χ1n) is 4.43. The van der Waals surface area contributed by atoms with Crippen LogP contribution in [-0.2, 0) is 9.47 Å². The van der Waals surface area contributed by atoms with Crippen LogP contribution in [0.25, 0.3) is 0 Å². The van der Waals surface area contributed by atoms with Gasteiger partial charge < -0.3 is 20.3 Å². The highest BCUT2D eigenvalue weighted by atomic mass is 16.7. The van der Waals surface area contributed by atoms with Gasteiger partial charge in [0.1, 0.15) is 5.82 Å². The van der Waals surface area contributed by atoms with Crippen molar-refractivity contribution in [3.63, 3.8) is 0 Å². The summed E-state index contributed by atoms with van der Waals surface area (Å²) in [4.78, 5) is 15.0. The third-order valence-corrected chi connectivity index (χ3v) is 2.04. The van der Waals surface area contributed by atoms with E-state index in [1.807, 2.05) is 0 Å². The maximum Gasteiger partial charge on any atom is 0.351 e. The van der Waals surface area contributed by atoms with Gasteiger partial charge in [0, 0.05) is 6.20 Å². The van der Waals surface area contributed by atoms with Crippen molar-refractivity contribution in [2.45, 2.75) is 12.5 Å². The molecule has 0 aliphatic carbocycles. The molecule has 82 valence electrons. The van der Waals surface area contributed by atoms with Crippen molar-refractivity contribution in [2.24, 2.45) is 0 Å². The molecule has 2 atom stereocenters. The number of hydrogen-bond acceptors (Lipinski definition) is 6. The molecule has 7 nitrogen and oxygen atoms in total. The summed E-state index contributed by atoms with van der Waals surface area (Å²) in [6.45, 7) is -0.0373. The van der Waals surface area contributed by atoms with Crippen molar-refractivity contribution in [1.82, 2.24) is 9.55 Å². The monoisotopic (exact) mass is 213 g/mol. The van der Waals surface area contributed by atoms with E-state index in [9.17, 15) is 4.79 Å². The van der Waals surface area contributed by atoms with Crippen LogP contribution in [0.4, 0.5) is 5.82 Å². The van der Waals surface area contributed by atoms with Crippen molar-refractivity contribution in [2.75, 3.05) is 18.9 Å². The first-order valence-corrected chi connectivity index (χ1v) is 4.43. The minimum atomic E-state index is -0.681. The summed E-state index contributed by atoms with van der Waals surface area (Å²) in [7, 11) is 0. The smallest absolute Gasteiger partial charge is 0.351 e. The van der Waals surface area contributed by atoms with E-state index < -0.39 is 18.2 Å². The molecule has 1 fully saturated rings. The van der Waals surface area contributed by atoms with E-state index in [0.717, 1.165) is 0 Å². The SMILES string of the molecule is Nc1ccn(C2CO[C@@H](CO)O2)c(=O)n1. The van der Waals surface area contributed by atoms with Gasteiger partial charge in [0.05, 0.1) is 13.2 Å². The van der Waals surface area contributed by atoms with E-state index in [4.69, 9.17) is 20.3 Å². The molecular formula is C8H11N3O4. The van der Waals surface area contributed by atoms with Gasteiger partial charge in [-0.25, -0.2) is 4.79 Å². The predicted molar refractivity (Wildman–Crippen MR) is 49.9 cm³/mol. The lowest BCUT2D eigenvalue weighted by molar-refractivity contribution is -0.0992. The molecule has 1 saturated heterocycles. The van der Waals surface area contributed by atoms with Gasteiger partial charge in [-0.2, -0.15) is 4.98 Å².